The number of carboxylic acids is 1. The fourth-order valence-electron chi connectivity index (χ4n) is 3.18. The molecule has 0 saturated carbocycles. The molecule has 6 heteroatoms. The number of pyridine rings is 1. The van der Waals surface area contributed by atoms with Gasteiger partial charge >= 0.3 is 5.97 Å². The zero-order chi connectivity index (χ0) is 19.2. The predicted molar refractivity (Wildman–Crippen MR) is 110 cm³/mol. The lowest BCUT2D eigenvalue weighted by Crippen LogP contribution is -2.29. The monoisotopic (exact) mass is 364 g/mol. The second-order valence-electron chi connectivity index (χ2n) is 6.49. The molecule has 6 nitrogen and oxygen atoms in total. The van der Waals surface area contributed by atoms with E-state index >= 15 is 0 Å². The molecule has 1 aliphatic heterocycles. The zero-order valence-corrected chi connectivity index (χ0v) is 15.5. The van der Waals surface area contributed by atoms with E-state index < -0.39 is 5.97 Å². The average Bonchev–Trinajstić information content (AvgIpc) is 2.69. The third-order valence-electron chi connectivity index (χ3n) is 4.64. The van der Waals surface area contributed by atoms with Gasteiger partial charge < -0.3 is 15.3 Å². The number of carboxylic acid groups (broad SMARTS) is 1. The van der Waals surface area contributed by atoms with E-state index in [-0.39, 0.29) is 5.57 Å². The number of aromatic nitrogens is 1. The number of nitrogens with zero attached hydrogens (tertiary/aromatic N) is 3. The lowest BCUT2D eigenvalue weighted by atomic mass is 10.1. The summed E-state index contributed by atoms with van der Waals surface area (Å²) in [6.45, 7) is 7.68. The number of fused-ring (bicyclic) bond motifs is 1. The molecular weight excluding hydrogens is 340 g/mol. The smallest absolute Gasteiger partial charge is 0.336 e. The van der Waals surface area contributed by atoms with Gasteiger partial charge in [0.1, 0.15) is 5.82 Å². The van der Waals surface area contributed by atoms with E-state index in [9.17, 15) is 4.79 Å². The van der Waals surface area contributed by atoms with Gasteiger partial charge in [-0.15, -0.1) is 0 Å². The third-order valence-corrected chi connectivity index (χ3v) is 4.64. The molecule has 0 unspecified atom stereocenters. The quantitative estimate of drug-likeness (QED) is 0.593. The van der Waals surface area contributed by atoms with Crippen LogP contribution in [-0.4, -0.2) is 35.4 Å². The van der Waals surface area contributed by atoms with Crippen LogP contribution in [0, 0.1) is 0 Å². The van der Waals surface area contributed by atoms with Crippen LogP contribution in [0.4, 0.5) is 11.4 Å². The lowest BCUT2D eigenvalue weighted by molar-refractivity contribution is -0.132. The molecule has 0 amide bonds. The van der Waals surface area contributed by atoms with Crippen molar-refractivity contribution in [3.05, 3.63) is 54.5 Å². The number of hydrogen-bond acceptors (Lipinski definition) is 5. The molecule has 3 rings (SSSR count). The fraction of sp³-hybridized carbons (Fsp3) is 0.286. The first-order chi connectivity index (χ1) is 13.1. The highest BCUT2D eigenvalue weighted by Crippen LogP contribution is 2.29. The van der Waals surface area contributed by atoms with Gasteiger partial charge in [-0.05, 0) is 50.5 Å². The third kappa shape index (κ3) is 4.53. The van der Waals surface area contributed by atoms with Crippen molar-refractivity contribution >= 4 is 34.5 Å². The number of carbonyl (C=O) groups is 1. The molecule has 1 saturated heterocycles. The Balaban J connectivity index is 1.84. The van der Waals surface area contributed by atoms with Crippen LogP contribution in [0.3, 0.4) is 0 Å². The average molecular weight is 364 g/mol. The van der Waals surface area contributed by atoms with E-state index in [4.69, 9.17) is 5.11 Å². The molecule has 1 aromatic carbocycles. The van der Waals surface area contributed by atoms with Crippen LogP contribution in [0.1, 0.15) is 26.2 Å². The van der Waals surface area contributed by atoms with Gasteiger partial charge in [0, 0.05) is 36.6 Å². The van der Waals surface area contributed by atoms with Crippen molar-refractivity contribution in [1.29, 1.82) is 0 Å². The van der Waals surface area contributed by atoms with E-state index in [0.717, 1.165) is 29.7 Å². The maximum absolute atomic E-state index is 11.0. The molecule has 1 aliphatic rings. The maximum atomic E-state index is 11.0. The summed E-state index contributed by atoms with van der Waals surface area (Å²) in [6.07, 6.45) is 8.25. The number of nitrogens with one attached hydrogen (secondary N) is 1. The van der Waals surface area contributed by atoms with Gasteiger partial charge in [0.2, 0.25) is 0 Å². The Labute approximate surface area is 158 Å². The van der Waals surface area contributed by atoms with Crippen molar-refractivity contribution < 1.29 is 9.90 Å². The number of benzene rings is 1. The number of aliphatic carboxylic acids is 1. The van der Waals surface area contributed by atoms with Crippen molar-refractivity contribution in [2.75, 3.05) is 23.3 Å². The van der Waals surface area contributed by atoms with E-state index in [1.807, 2.05) is 12.1 Å². The van der Waals surface area contributed by atoms with Crippen LogP contribution in [-0.2, 0) is 4.79 Å². The van der Waals surface area contributed by atoms with Gasteiger partial charge in [0.05, 0.1) is 16.8 Å². The van der Waals surface area contributed by atoms with Crippen LogP contribution >= 0.6 is 0 Å². The van der Waals surface area contributed by atoms with E-state index in [0.29, 0.717) is 5.82 Å². The van der Waals surface area contributed by atoms with Gasteiger partial charge in [-0.3, -0.25) is 4.98 Å². The molecule has 2 N–H and O–H groups in total. The predicted octanol–water partition coefficient (Wildman–Crippen LogP) is 4.21. The second kappa shape index (κ2) is 8.49. The van der Waals surface area contributed by atoms with E-state index in [1.54, 1.807) is 13.1 Å². The number of piperidine rings is 1. The topological polar surface area (TPSA) is 77.8 Å². The van der Waals surface area contributed by atoms with Crippen molar-refractivity contribution in [3.8, 4) is 0 Å². The zero-order valence-electron chi connectivity index (χ0n) is 15.5. The number of allylic oxidation sites excluding steroid dienone is 1. The molecule has 0 bridgehead atoms. The maximum Gasteiger partial charge on any atom is 0.336 e. The van der Waals surface area contributed by atoms with Crippen LogP contribution in [0.15, 0.2) is 59.5 Å². The first-order valence-electron chi connectivity index (χ1n) is 9.12. The highest BCUT2D eigenvalue weighted by molar-refractivity contribution is 6.08. The van der Waals surface area contributed by atoms with Crippen LogP contribution in [0.2, 0.25) is 0 Å². The lowest BCUT2D eigenvalue weighted by Gasteiger charge is -2.29. The molecule has 0 spiro atoms. The van der Waals surface area contributed by atoms with Crippen LogP contribution in [0.25, 0.3) is 10.9 Å². The van der Waals surface area contributed by atoms with Gasteiger partial charge in [0.15, 0.2) is 0 Å². The summed E-state index contributed by atoms with van der Waals surface area (Å²) in [5.74, 6) is -0.652. The Morgan fingerprint density at radius 2 is 2.07 bits per heavy atom. The van der Waals surface area contributed by atoms with Crippen molar-refractivity contribution in [2.24, 2.45) is 4.99 Å². The summed E-state index contributed by atoms with van der Waals surface area (Å²) in [5.41, 5.74) is 3.04. The van der Waals surface area contributed by atoms with Crippen molar-refractivity contribution in [3.63, 3.8) is 0 Å². The van der Waals surface area contributed by atoms with Crippen molar-refractivity contribution in [1.82, 2.24) is 4.98 Å². The minimum Gasteiger partial charge on any atom is -0.478 e. The van der Waals surface area contributed by atoms with E-state index in [2.05, 4.69) is 38.9 Å². The molecule has 1 fully saturated rings. The first kappa shape index (κ1) is 18.6. The molecule has 0 atom stereocenters. The number of aliphatic imine (C=N–C) groups is 1. The largest absolute Gasteiger partial charge is 0.478 e. The van der Waals surface area contributed by atoms with Gasteiger partial charge in [-0.25, -0.2) is 9.79 Å². The highest BCUT2D eigenvalue weighted by Gasteiger charge is 2.12. The van der Waals surface area contributed by atoms with Crippen LogP contribution < -0.4 is 10.2 Å². The normalized spacial score (nSPS) is 15.3. The molecule has 2 heterocycles. The summed E-state index contributed by atoms with van der Waals surface area (Å²) in [7, 11) is 0. The Morgan fingerprint density at radius 1 is 1.30 bits per heavy atom. The Morgan fingerprint density at radius 3 is 2.78 bits per heavy atom. The van der Waals surface area contributed by atoms with Crippen molar-refractivity contribution in [2.45, 2.75) is 26.2 Å². The molecule has 1 aromatic heterocycles. The molecular formula is C21H24N4O2. The molecule has 27 heavy (non-hydrogen) atoms. The van der Waals surface area contributed by atoms with Gasteiger partial charge in [0.25, 0.3) is 0 Å². The summed E-state index contributed by atoms with van der Waals surface area (Å²) < 4.78 is 0. The van der Waals surface area contributed by atoms with Crippen LogP contribution in [0.5, 0.6) is 0 Å². The van der Waals surface area contributed by atoms with Gasteiger partial charge in [-0.1, -0.05) is 12.7 Å². The second-order valence-corrected chi connectivity index (χ2v) is 6.49. The number of rotatable bonds is 6. The number of anilines is 2. The fourth-order valence-corrected chi connectivity index (χ4v) is 3.18. The SMILES string of the molecule is C=C(/N=C\C(=C/C)C(=O)O)Nc1ccnc2ccc(N3CCCCC3)cc12. The summed E-state index contributed by atoms with van der Waals surface area (Å²) >= 11 is 0. The minimum absolute atomic E-state index is 0.116. The highest BCUT2D eigenvalue weighted by atomic mass is 16.4. The van der Waals surface area contributed by atoms with E-state index in [1.165, 1.54) is 37.2 Å². The molecule has 140 valence electrons. The summed E-state index contributed by atoms with van der Waals surface area (Å²) in [4.78, 5) is 22.0. The standard InChI is InChI=1S/C21H24N4O2/c1-3-16(21(26)27)14-23-15(2)24-20-9-10-22-19-8-7-17(13-18(19)20)25-11-5-4-6-12-25/h3,7-10,13-14H,2,4-6,11-12H2,1H3,(H,22,24)(H,26,27)/b16-3+,23-14-. The summed E-state index contributed by atoms with van der Waals surface area (Å²) in [5, 5.41) is 13.2. The Hall–Kier alpha value is -3.15. The summed E-state index contributed by atoms with van der Waals surface area (Å²) in [6, 6.07) is 8.15. The Bertz CT molecular complexity index is 912. The number of hydrogen-bond donors (Lipinski definition) is 2. The van der Waals surface area contributed by atoms with Gasteiger partial charge in [-0.2, -0.15) is 0 Å². The molecule has 0 radical (unpaired) electrons. The first-order valence-corrected chi connectivity index (χ1v) is 9.12. The molecule has 0 aliphatic carbocycles. The Kier molecular flexibility index (Phi) is 5.86. The minimum atomic E-state index is -1.02. The molecule has 2 aromatic rings.